The van der Waals surface area contributed by atoms with E-state index in [0.29, 0.717) is 23.9 Å². The molecule has 3 nitrogen and oxygen atoms in total. The molecule has 0 radical (unpaired) electrons. The smallest absolute Gasteiger partial charge is 0.187 e. The van der Waals surface area contributed by atoms with Crippen LogP contribution in [0, 0.1) is 17.3 Å². The fraction of sp³-hybridized carbons (Fsp3) is 0.800. The van der Waals surface area contributed by atoms with E-state index >= 15 is 0 Å². The second-order valence-corrected chi connectivity index (χ2v) is 6.98. The molecule has 1 spiro atoms. The number of ether oxygens (including phenoxy) is 1. The van der Waals surface area contributed by atoms with Gasteiger partial charge in [-0.2, -0.15) is 0 Å². The molecule has 3 heteroatoms. The Hall–Kier alpha value is -0.670. The molecular weight excluding hydrogens is 228 g/mol. The van der Waals surface area contributed by atoms with Gasteiger partial charge in [0.1, 0.15) is 11.7 Å². The molecule has 0 bridgehead atoms. The van der Waals surface area contributed by atoms with Crippen molar-refractivity contribution in [3.8, 4) is 0 Å². The Morgan fingerprint density at radius 3 is 2.61 bits per heavy atom. The number of allylic oxidation sites excluding steroid dienone is 1. The van der Waals surface area contributed by atoms with Gasteiger partial charge in [0, 0.05) is 0 Å². The molecule has 1 aliphatic heterocycles. The number of hydrogen-bond donors (Lipinski definition) is 1. The lowest BCUT2D eigenvalue weighted by atomic mass is 9.50. The highest BCUT2D eigenvalue weighted by Gasteiger charge is 2.67. The standard InChI is InChI=1S/C15H22O3/c1-9-4-5-10-11(7-14(10,2)3)15(8-18-15)13(17)12(16)6-9/h6,10-11,13,17H,4-5,7-8H2,1-3H3/b9-6+/t10-,11+,13+,15+/m0/s1. The van der Waals surface area contributed by atoms with E-state index in [4.69, 9.17) is 4.74 Å². The predicted molar refractivity (Wildman–Crippen MR) is 68.1 cm³/mol. The first-order valence-electron chi connectivity index (χ1n) is 6.90. The van der Waals surface area contributed by atoms with E-state index in [1.54, 1.807) is 6.08 Å². The van der Waals surface area contributed by atoms with Gasteiger partial charge >= 0.3 is 0 Å². The molecule has 2 aliphatic carbocycles. The molecule has 3 aliphatic rings. The first kappa shape index (κ1) is 12.4. The van der Waals surface area contributed by atoms with Gasteiger partial charge in [-0.15, -0.1) is 0 Å². The van der Waals surface area contributed by atoms with E-state index in [2.05, 4.69) is 13.8 Å². The molecule has 18 heavy (non-hydrogen) atoms. The van der Waals surface area contributed by atoms with Crippen LogP contribution in [0.5, 0.6) is 0 Å². The van der Waals surface area contributed by atoms with Gasteiger partial charge in [0.25, 0.3) is 0 Å². The van der Waals surface area contributed by atoms with E-state index in [1.165, 1.54) is 0 Å². The number of aliphatic hydroxyl groups is 1. The lowest BCUT2D eigenvalue weighted by Gasteiger charge is -2.54. The van der Waals surface area contributed by atoms with Crippen molar-refractivity contribution in [3.05, 3.63) is 11.6 Å². The van der Waals surface area contributed by atoms with Crippen molar-refractivity contribution in [2.24, 2.45) is 17.3 Å². The maximum atomic E-state index is 12.0. The number of carbonyl (C=O) groups is 1. The van der Waals surface area contributed by atoms with E-state index in [-0.39, 0.29) is 5.78 Å². The average Bonchev–Trinajstić information content (AvgIpc) is 3.05. The number of epoxide rings is 1. The molecule has 0 aromatic carbocycles. The van der Waals surface area contributed by atoms with Gasteiger partial charge in [0.15, 0.2) is 5.78 Å². The molecular formula is C15H22O3. The summed E-state index contributed by atoms with van der Waals surface area (Å²) >= 11 is 0. The molecule has 0 amide bonds. The SMILES string of the molecule is C/C1=C\C(=O)[C@@H](O)[C@@]2(CO2)[C@@H]2CC(C)(C)[C@H]2CC1. The summed E-state index contributed by atoms with van der Waals surface area (Å²) in [6.07, 6.45) is 3.77. The summed E-state index contributed by atoms with van der Waals surface area (Å²) in [5.41, 5.74) is 0.841. The Morgan fingerprint density at radius 1 is 1.39 bits per heavy atom. The van der Waals surface area contributed by atoms with Crippen molar-refractivity contribution in [3.63, 3.8) is 0 Å². The number of carbonyl (C=O) groups excluding carboxylic acids is 1. The van der Waals surface area contributed by atoms with E-state index in [1.807, 2.05) is 6.92 Å². The van der Waals surface area contributed by atoms with Gasteiger partial charge in [0.2, 0.25) is 0 Å². The van der Waals surface area contributed by atoms with Crippen LogP contribution in [-0.4, -0.2) is 29.2 Å². The molecule has 0 aromatic heterocycles. The third kappa shape index (κ3) is 1.60. The van der Waals surface area contributed by atoms with Crippen molar-refractivity contribution in [1.29, 1.82) is 0 Å². The minimum absolute atomic E-state index is 0.171. The second-order valence-electron chi connectivity index (χ2n) is 6.98. The van der Waals surface area contributed by atoms with E-state index < -0.39 is 11.7 Å². The van der Waals surface area contributed by atoms with Gasteiger partial charge in [-0.3, -0.25) is 4.79 Å². The maximum Gasteiger partial charge on any atom is 0.187 e. The molecule has 2 fully saturated rings. The second kappa shape index (κ2) is 3.67. The van der Waals surface area contributed by atoms with Crippen LogP contribution in [0.3, 0.4) is 0 Å². The number of fused-ring (bicyclic) bond motifs is 2. The Labute approximate surface area is 108 Å². The summed E-state index contributed by atoms with van der Waals surface area (Å²) in [7, 11) is 0. The first-order valence-corrected chi connectivity index (χ1v) is 6.90. The van der Waals surface area contributed by atoms with Crippen molar-refractivity contribution >= 4 is 5.78 Å². The maximum absolute atomic E-state index is 12.0. The summed E-state index contributed by atoms with van der Waals surface area (Å²) in [6, 6.07) is 0. The third-order valence-electron chi connectivity index (χ3n) is 5.31. The molecule has 0 aromatic rings. The quantitative estimate of drug-likeness (QED) is 0.670. The Morgan fingerprint density at radius 2 is 2.06 bits per heavy atom. The third-order valence-corrected chi connectivity index (χ3v) is 5.31. The summed E-state index contributed by atoms with van der Waals surface area (Å²) in [4.78, 5) is 12.0. The van der Waals surface area contributed by atoms with Gasteiger partial charge in [-0.25, -0.2) is 0 Å². The normalized spacial score (nSPS) is 49.2. The zero-order chi connectivity index (χ0) is 13.1. The van der Waals surface area contributed by atoms with Crippen molar-refractivity contribution < 1.29 is 14.6 Å². The Balaban J connectivity index is 1.94. The topological polar surface area (TPSA) is 49.8 Å². The van der Waals surface area contributed by atoms with Crippen LogP contribution in [-0.2, 0) is 9.53 Å². The minimum atomic E-state index is -0.964. The molecule has 1 saturated carbocycles. The van der Waals surface area contributed by atoms with Crippen LogP contribution in [0.25, 0.3) is 0 Å². The molecule has 1 heterocycles. The largest absolute Gasteiger partial charge is 0.382 e. The number of ketones is 1. The van der Waals surface area contributed by atoms with Crippen molar-refractivity contribution in [2.75, 3.05) is 6.61 Å². The highest BCUT2D eigenvalue weighted by atomic mass is 16.6. The summed E-state index contributed by atoms with van der Waals surface area (Å²) in [5, 5.41) is 10.3. The van der Waals surface area contributed by atoms with Gasteiger partial charge in [-0.1, -0.05) is 19.4 Å². The van der Waals surface area contributed by atoms with Crippen LogP contribution in [0.1, 0.15) is 40.0 Å². The van der Waals surface area contributed by atoms with Gasteiger partial charge in [-0.05, 0) is 49.5 Å². The highest BCUT2D eigenvalue weighted by Crippen LogP contribution is 2.62. The molecule has 4 atom stereocenters. The van der Waals surface area contributed by atoms with Crippen LogP contribution in [0.2, 0.25) is 0 Å². The molecule has 100 valence electrons. The highest BCUT2D eigenvalue weighted by molar-refractivity contribution is 5.95. The van der Waals surface area contributed by atoms with Gasteiger partial charge in [0.05, 0.1) is 6.61 Å². The molecule has 1 N–H and O–H groups in total. The predicted octanol–water partition coefficient (Wildman–Crippen LogP) is 2.09. The summed E-state index contributed by atoms with van der Waals surface area (Å²) < 4.78 is 5.57. The average molecular weight is 250 g/mol. The lowest BCUT2D eigenvalue weighted by molar-refractivity contribution is -0.136. The minimum Gasteiger partial charge on any atom is -0.382 e. The lowest BCUT2D eigenvalue weighted by Crippen LogP contribution is -2.55. The number of rotatable bonds is 0. The first-order chi connectivity index (χ1) is 8.37. The fourth-order valence-electron chi connectivity index (χ4n) is 4.03. The van der Waals surface area contributed by atoms with Crippen LogP contribution in [0.15, 0.2) is 11.6 Å². The molecule has 3 rings (SSSR count). The van der Waals surface area contributed by atoms with Crippen molar-refractivity contribution in [1.82, 2.24) is 0 Å². The summed E-state index contributed by atoms with van der Waals surface area (Å²) in [5.74, 6) is 0.741. The summed E-state index contributed by atoms with van der Waals surface area (Å²) in [6.45, 7) is 7.10. The zero-order valence-corrected chi connectivity index (χ0v) is 11.4. The monoisotopic (exact) mass is 250 g/mol. The molecule has 1 saturated heterocycles. The zero-order valence-electron chi connectivity index (χ0n) is 11.4. The van der Waals surface area contributed by atoms with Crippen LogP contribution >= 0.6 is 0 Å². The van der Waals surface area contributed by atoms with Gasteiger partial charge < -0.3 is 9.84 Å². The number of hydrogen-bond acceptors (Lipinski definition) is 3. The van der Waals surface area contributed by atoms with E-state index in [0.717, 1.165) is 24.8 Å². The fourth-order valence-corrected chi connectivity index (χ4v) is 4.03. The Bertz CT molecular complexity index is 417. The molecule has 0 unspecified atom stereocenters. The number of aliphatic hydroxyl groups excluding tert-OH is 1. The Kier molecular flexibility index (Phi) is 2.52. The van der Waals surface area contributed by atoms with Crippen molar-refractivity contribution in [2.45, 2.75) is 51.7 Å². The van der Waals surface area contributed by atoms with Crippen LogP contribution in [0.4, 0.5) is 0 Å². The van der Waals surface area contributed by atoms with Crippen LogP contribution < -0.4 is 0 Å². The van der Waals surface area contributed by atoms with E-state index in [9.17, 15) is 9.90 Å².